The molecule has 3 aromatic rings. The number of rotatable bonds is 5. The number of halogens is 3. The Hall–Kier alpha value is -2.52. The van der Waals surface area contributed by atoms with Crippen molar-refractivity contribution in [2.75, 3.05) is 12.4 Å². The molecule has 2 heterocycles. The molecule has 0 saturated carbocycles. The van der Waals surface area contributed by atoms with Crippen molar-refractivity contribution in [2.24, 2.45) is 7.05 Å². The third kappa shape index (κ3) is 4.17. The van der Waals surface area contributed by atoms with Crippen molar-refractivity contribution < 1.29 is 13.2 Å². The highest BCUT2D eigenvalue weighted by molar-refractivity contribution is 7.97. The Morgan fingerprint density at radius 1 is 1.15 bits per heavy atom. The number of aryl methyl sites for hydroxylation is 1. The third-order valence-corrected chi connectivity index (χ3v) is 4.18. The van der Waals surface area contributed by atoms with Crippen LogP contribution in [0.1, 0.15) is 5.56 Å². The predicted octanol–water partition coefficient (Wildman–Crippen LogP) is 4.47. The van der Waals surface area contributed by atoms with Gasteiger partial charge in [0.1, 0.15) is 5.82 Å². The molecule has 2 aromatic heterocycles. The molecule has 3 rings (SSSR count). The van der Waals surface area contributed by atoms with E-state index in [4.69, 9.17) is 0 Å². The normalized spacial score (nSPS) is 11.6. The summed E-state index contributed by atoms with van der Waals surface area (Å²) in [5.74, 6) is 0.434. The number of imidazole rings is 1. The Morgan fingerprint density at radius 2 is 1.96 bits per heavy atom. The number of aromatic nitrogens is 3. The first-order chi connectivity index (χ1) is 12.4. The summed E-state index contributed by atoms with van der Waals surface area (Å²) < 4.78 is 43.5. The highest BCUT2D eigenvalue weighted by atomic mass is 32.2. The standard InChI is InChI=1S/C17H16F3N5S/c1-21-26-13-7-14(15-9-25(2)10-23-15)16(22-8-13)24-12-5-3-4-11(6-12)17(18,19)20/h3-10,21H,1-2H3,(H,22,24). The molecule has 5 nitrogen and oxygen atoms in total. The summed E-state index contributed by atoms with van der Waals surface area (Å²) in [5.41, 5.74) is 0.957. The van der Waals surface area contributed by atoms with Crippen LogP contribution >= 0.6 is 11.9 Å². The van der Waals surface area contributed by atoms with Crippen LogP contribution in [-0.2, 0) is 13.2 Å². The van der Waals surface area contributed by atoms with Gasteiger partial charge in [0.25, 0.3) is 0 Å². The van der Waals surface area contributed by atoms with Gasteiger partial charge >= 0.3 is 6.18 Å². The molecular formula is C17H16F3N5S. The fraction of sp³-hybridized carbons (Fsp3) is 0.176. The summed E-state index contributed by atoms with van der Waals surface area (Å²) in [7, 11) is 3.63. The average molecular weight is 379 g/mol. The first-order valence-corrected chi connectivity index (χ1v) is 8.44. The van der Waals surface area contributed by atoms with Crippen molar-refractivity contribution in [2.45, 2.75) is 11.1 Å². The van der Waals surface area contributed by atoms with E-state index >= 15 is 0 Å². The molecule has 0 radical (unpaired) electrons. The SMILES string of the molecule is CNSc1cnc(Nc2cccc(C(F)(F)F)c2)c(-c2cn(C)cn2)c1. The Morgan fingerprint density at radius 3 is 2.62 bits per heavy atom. The summed E-state index contributed by atoms with van der Waals surface area (Å²) >= 11 is 1.39. The van der Waals surface area contributed by atoms with Gasteiger partial charge < -0.3 is 9.88 Å². The molecule has 2 N–H and O–H groups in total. The van der Waals surface area contributed by atoms with Crippen molar-refractivity contribution in [3.63, 3.8) is 0 Å². The largest absolute Gasteiger partial charge is 0.416 e. The quantitative estimate of drug-likeness (QED) is 0.641. The minimum atomic E-state index is -4.40. The molecule has 0 spiro atoms. The lowest BCUT2D eigenvalue weighted by Gasteiger charge is -2.13. The van der Waals surface area contributed by atoms with Crippen LogP contribution in [0.25, 0.3) is 11.3 Å². The maximum atomic E-state index is 12.9. The first kappa shape index (κ1) is 18.3. The summed E-state index contributed by atoms with van der Waals surface area (Å²) in [6.07, 6.45) is 0.717. The van der Waals surface area contributed by atoms with Gasteiger partial charge in [-0.3, -0.25) is 4.72 Å². The highest BCUT2D eigenvalue weighted by Gasteiger charge is 2.30. The van der Waals surface area contributed by atoms with Gasteiger partial charge in [-0.05, 0) is 43.3 Å². The zero-order valence-corrected chi connectivity index (χ0v) is 14.8. The van der Waals surface area contributed by atoms with Crippen molar-refractivity contribution in [1.29, 1.82) is 0 Å². The third-order valence-electron chi connectivity index (χ3n) is 3.52. The van der Waals surface area contributed by atoms with Crippen LogP contribution in [0, 0.1) is 0 Å². The molecule has 136 valence electrons. The van der Waals surface area contributed by atoms with Crippen LogP contribution in [0.2, 0.25) is 0 Å². The number of nitrogens with zero attached hydrogens (tertiary/aromatic N) is 3. The molecule has 0 bridgehead atoms. The summed E-state index contributed by atoms with van der Waals surface area (Å²) in [4.78, 5) is 9.55. The van der Waals surface area contributed by atoms with Gasteiger partial charge in [-0.1, -0.05) is 6.07 Å². The van der Waals surface area contributed by atoms with Crippen LogP contribution in [0.3, 0.4) is 0 Å². The Balaban J connectivity index is 1.99. The molecule has 1 aromatic carbocycles. The number of pyridine rings is 1. The van der Waals surface area contributed by atoms with Crippen LogP contribution in [-0.4, -0.2) is 21.6 Å². The lowest BCUT2D eigenvalue weighted by atomic mass is 10.1. The second-order valence-corrected chi connectivity index (χ2v) is 6.59. The monoisotopic (exact) mass is 379 g/mol. The number of alkyl halides is 3. The molecule has 0 amide bonds. The fourth-order valence-electron chi connectivity index (χ4n) is 2.38. The Bertz CT molecular complexity index is 907. The van der Waals surface area contributed by atoms with E-state index < -0.39 is 11.7 Å². The summed E-state index contributed by atoms with van der Waals surface area (Å²) in [6.45, 7) is 0. The van der Waals surface area contributed by atoms with Crippen molar-refractivity contribution >= 4 is 23.5 Å². The van der Waals surface area contributed by atoms with E-state index in [9.17, 15) is 13.2 Å². The smallest absolute Gasteiger partial charge is 0.340 e. The molecule has 0 aliphatic heterocycles. The molecule has 0 fully saturated rings. The first-order valence-electron chi connectivity index (χ1n) is 7.63. The number of benzene rings is 1. The van der Waals surface area contributed by atoms with Gasteiger partial charge in [0.05, 0.1) is 17.6 Å². The number of anilines is 2. The maximum Gasteiger partial charge on any atom is 0.416 e. The van der Waals surface area contributed by atoms with Gasteiger partial charge in [-0.2, -0.15) is 13.2 Å². The predicted molar refractivity (Wildman–Crippen MR) is 96.1 cm³/mol. The zero-order chi connectivity index (χ0) is 18.7. The second kappa shape index (κ2) is 7.38. The van der Waals surface area contributed by atoms with Gasteiger partial charge in [0, 0.05) is 35.6 Å². The van der Waals surface area contributed by atoms with Crippen molar-refractivity contribution in [3.05, 3.63) is 54.6 Å². The molecular weight excluding hydrogens is 363 g/mol. The second-order valence-electron chi connectivity index (χ2n) is 5.50. The van der Waals surface area contributed by atoms with E-state index in [1.807, 2.05) is 19.3 Å². The minimum absolute atomic E-state index is 0.304. The molecule has 0 aliphatic carbocycles. The number of hydrogen-bond donors (Lipinski definition) is 2. The lowest BCUT2D eigenvalue weighted by Crippen LogP contribution is -2.05. The highest BCUT2D eigenvalue weighted by Crippen LogP contribution is 2.34. The van der Waals surface area contributed by atoms with E-state index in [0.717, 1.165) is 17.0 Å². The van der Waals surface area contributed by atoms with Gasteiger partial charge in [0.2, 0.25) is 0 Å². The maximum absolute atomic E-state index is 12.9. The van der Waals surface area contributed by atoms with Crippen LogP contribution < -0.4 is 10.0 Å². The topological polar surface area (TPSA) is 54.8 Å². The Labute approximate surface area is 152 Å². The van der Waals surface area contributed by atoms with Crippen LogP contribution in [0.15, 0.2) is 53.9 Å². The van der Waals surface area contributed by atoms with Gasteiger partial charge in [0.15, 0.2) is 0 Å². The van der Waals surface area contributed by atoms with Gasteiger partial charge in [-0.25, -0.2) is 9.97 Å². The van der Waals surface area contributed by atoms with E-state index in [2.05, 4.69) is 20.0 Å². The van der Waals surface area contributed by atoms with Crippen LogP contribution in [0.4, 0.5) is 24.7 Å². The minimum Gasteiger partial charge on any atom is -0.340 e. The van der Waals surface area contributed by atoms with E-state index in [0.29, 0.717) is 22.8 Å². The van der Waals surface area contributed by atoms with Crippen LogP contribution in [0.5, 0.6) is 0 Å². The zero-order valence-electron chi connectivity index (χ0n) is 14.0. The van der Waals surface area contributed by atoms with E-state index in [1.54, 1.807) is 30.2 Å². The summed E-state index contributed by atoms with van der Waals surface area (Å²) in [5, 5.41) is 2.97. The number of hydrogen-bond acceptors (Lipinski definition) is 5. The van der Waals surface area contributed by atoms with Crippen molar-refractivity contribution in [1.82, 2.24) is 19.3 Å². The molecule has 0 unspecified atom stereocenters. The molecule has 0 aliphatic rings. The fourth-order valence-corrected chi connectivity index (χ4v) is 2.89. The van der Waals surface area contributed by atoms with Gasteiger partial charge in [-0.15, -0.1) is 0 Å². The molecule has 26 heavy (non-hydrogen) atoms. The molecule has 9 heteroatoms. The summed E-state index contributed by atoms with van der Waals surface area (Å²) in [6, 6.07) is 6.89. The molecule has 0 saturated heterocycles. The van der Waals surface area contributed by atoms with Crippen molar-refractivity contribution in [3.8, 4) is 11.3 Å². The van der Waals surface area contributed by atoms with E-state index in [1.165, 1.54) is 18.0 Å². The molecule has 0 atom stereocenters. The average Bonchev–Trinajstić information content (AvgIpc) is 3.02. The lowest BCUT2D eigenvalue weighted by molar-refractivity contribution is -0.137. The number of nitrogens with one attached hydrogen (secondary N) is 2. The Kier molecular flexibility index (Phi) is 5.19. The van der Waals surface area contributed by atoms with E-state index in [-0.39, 0.29) is 0 Å².